The van der Waals surface area contributed by atoms with Gasteiger partial charge >= 0.3 is 0 Å². The van der Waals surface area contributed by atoms with Crippen molar-refractivity contribution in [1.29, 1.82) is 0 Å². The number of methoxy groups -OCH3 is 1. The minimum Gasteiger partial charge on any atom is -0.497 e. The number of hydrogen-bond donors (Lipinski definition) is 1. The third kappa shape index (κ3) is 3.51. The first-order chi connectivity index (χ1) is 11.7. The summed E-state index contributed by atoms with van der Waals surface area (Å²) in [6.45, 7) is 1.10. The molecule has 0 aliphatic rings. The van der Waals surface area contributed by atoms with Crippen LogP contribution in [0, 0.1) is 0 Å². The van der Waals surface area contributed by atoms with Crippen LogP contribution in [0.4, 0.5) is 5.69 Å². The minimum absolute atomic E-state index is 0.0170. The zero-order valence-electron chi connectivity index (χ0n) is 13.6. The van der Waals surface area contributed by atoms with Gasteiger partial charge in [-0.3, -0.25) is 4.79 Å². The maximum Gasteiger partial charge on any atom is 0.251 e. The molecule has 0 bridgehead atoms. The van der Waals surface area contributed by atoms with E-state index in [1.165, 1.54) is 0 Å². The molecule has 3 aromatic rings. The molecule has 3 rings (SSSR count). The number of ether oxygens (including phenoxy) is 2. The van der Waals surface area contributed by atoms with Gasteiger partial charge in [0, 0.05) is 29.8 Å². The van der Waals surface area contributed by atoms with Gasteiger partial charge in [-0.15, -0.1) is 0 Å². The Morgan fingerprint density at radius 3 is 2.71 bits per heavy atom. The van der Waals surface area contributed by atoms with Crippen LogP contribution in [-0.2, 0) is 6.54 Å². The van der Waals surface area contributed by atoms with Gasteiger partial charge in [-0.1, -0.05) is 6.07 Å². The molecular weight excluding hydrogens is 304 g/mol. The lowest BCUT2D eigenvalue weighted by molar-refractivity contribution is 0.302. The van der Waals surface area contributed by atoms with Gasteiger partial charge in [-0.2, -0.15) is 0 Å². The van der Waals surface area contributed by atoms with Crippen molar-refractivity contribution in [2.45, 2.75) is 13.0 Å². The van der Waals surface area contributed by atoms with E-state index in [2.05, 4.69) is 0 Å². The average molecular weight is 324 g/mol. The number of anilines is 1. The number of benzene rings is 2. The maximum absolute atomic E-state index is 12.2. The van der Waals surface area contributed by atoms with Crippen LogP contribution in [0.25, 0.3) is 10.9 Å². The molecule has 0 aliphatic heterocycles. The van der Waals surface area contributed by atoms with Crippen molar-refractivity contribution in [3.8, 4) is 11.5 Å². The van der Waals surface area contributed by atoms with E-state index in [9.17, 15) is 4.79 Å². The molecule has 0 radical (unpaired) electrons. The number of fused-ring (bicyclic) bond motifs is 1. The summed E-state index contributed by atoms with van der Waals surface area (Å²) in [5.74, 6) is 1.52. The van der Waals surface area contributed by atoms with Gasteiger partial charge in [-0.25, -0.2) is 0 Å². The van der Waals surface area contributed by atoms with Crippen molar-refractivity contribution >= 4 is 16.6 Å². The van der Waals surface area contributed by atoms with Crippen molar-refractivity contribution in [3.63, 3.8) is 0 Å². The molecule has 0 amide bonds. The van der Waals surface area contributed by atoms with Gasteiger partial charge in [0.1, 0.15) is 11.5 Å². The van der Waals surface area contributed by atoms with Crippen LogP contribution in [0.3, 0.4) is 0 Å². The number of nitrogens with zero attached hydrogens (tertiary/aromatic N) is 1. The summed E-state index contributed by atoms with van der Waals surface area (Å²) in [7, 11) is 1.63. The van der Waals surface area contributed by atoms with Gasteiger partial charge in [0.2, 0.25) is 0 Å². The monoisotopic (exact) mass is 324 g/mol. The topological polar surface area (TPSA) is 66.5 Å². The third-order valence-electron chi connectivity index (χ3n) is 3.85. The highest BCUT2D eigenvalue weighted by Crippen LogP contribution is 2.19. The van der Waals surface area contributed by atoms with E-state index in [0.717, 1.165) is 28.8 Å². The maximum atomic E-state index is 12.2. The SMILES string of the molecule is COc1ccc2c(ccc(=O)n2CCCOc2cccc(N)c2)c1. The highest BCUT2D eigenvalue weighted by atomic mass is 16.5. The van der Waals surface area contributed by atoms with E-state index in [1.807, 2.05) is 42.5 Å². The molecule has 24 heavy (non-hydrogen) atoms. The second-order valence-corrected chi connectivity index (χ2v) is 5.52. The first kappa shape index (κ1) is 15.9. The summed E-state index contributed by atoms with van der Waals surface area (Å²) >= 11 is 0. The molecule has 0 saturated heterocycles. The van der Waals surface area contributed by atoms with E-state index in [4.69, 9.17) is 15.2 Å². The second-order valence-electron chi connectivity index (χ2n) is 5.52. The molecule has 5 heteroatoms. The molecule has 2 aromatic carbocycles. The van der Waals surface area contributed by atoms with Crippen LogP contribution in [0.2, 0.25) is 0 Å². The fourth-order valence-electron chi connectivity index (χ4n) is 2.66. The number of nitrogen functional groups attached to an aromatic ring is 1. The van der Waals surface area contributed by atoms with E-state index in [-0.39, 0.29) is 5.56 Å². The third-order valence-corrected chi connectivity index (χ3v) is 3.85. The first-order valence-corrected chi connectivity index (χ1v) is 7.83. The molecule has 2 N–H and O–H groups in total. The lowest BCUT2D eigenvalue weighted by Gasteiger charge is -2.12. The van der Waals surface area contributed by atoms with E-state index in [0.29, 0.717) is 18.8 Å². The summed E-state index contributed by atoms with van der Waals surface area (Å²) in [5, 5.41) is 0.978. The number of aryl methyl sites for hydroxylation is 1. The fourth-order valence-corrected chi connectivity index (χ4v) is 2.66. The standard InChI is InChI=1S/C19H20N2O3/c1-23-16-7-8-18-14(12-16)6-9-19(22)21(18)10-3-11-24-17-5-2-4-15(20)13-17/h2,4-9,12-13H,3,10-11,20H2,1H3. The van der Waals surface area contributed by atoms with Gasteiger partial charge < -0.3 is 19.8 Å². The van der Waals surface area contributed by atoms with Crippen LogP contribution >= 0.6 is 0 Å². The van der Waals surface area contributed by atoms with E-state index in [1.54, 1.807) is 23.8 Å². The van der Waals surface area contributed by atoms with Crippen molar-refractivity contribution in [3.05, 3.63) is 65.0 Å². The Labute approximate surface area is 140 Å². The first-order valence-electron chi connectivity index (χ1n) is 7.83. The summed E-state index contributed by atoms with van der Waals surface area (Å²) in [6, 6.07) is 16.4. The van der Waals surface area contributed by atoms with Crippen molar-refractivity contribution < 1.29 is 9.47 Å². The molecule has 5 nitrogen and oxygen atoms in total. The predicted molar refractivity (Wildman–Crippen MR) is 95.7 cm³/mol. The van der Waals surface area contributed by atoms with Crippen LogP contribution in [0.5, 0.6) is 11.5 Å². The Balaban J connectivity index is 1.70. The van der Waals surface area contributed by atoms with Crippen molar-refractivity contribution in [1.82, 2.24) is 4.57 Å². The number of aromatic nitrogens is 1. The highest BCUT2D eigenvalue weighted by Gasteiger charge is 2.04. The van der Waals surface area contributed by atoms with Crippen molar-refractivity contribution in [2.24, 2.45) is 0 Å². The molecule has 0 unspecified atom stereocenters. The average Bonchev–Trinajstić information content (AvgIpc) is 2.60. The molecule has 0 spiro atoms. The Hall–Kier alpha value is -2.95. The molecule has 124 valence electrons. The van der Waals surface area contributed by atoms with Gasteiger partial charge in [0.25, 0.3) is 5.56 Å². The van der Waals surface area contributed by atoms with E-state index >= 15 is 0 Å². The quantitative estimate of drug-likeness (QED) is 0.559. The molecule has 0 atom stereocenters. The Morgan fingerprint density at radius 2 is 1.92 bits per heavy atom. The molecule has 0 fully saturated rings. The Morgan fingerprint density at radius 1 is 1.04 bits per heavy atom. The molecule has 1 heterocycles. The zero-order chi connectivity index (χ0) is 16.9. The molecular formula is C19H20N2O3. The number of rotatable bonds is 6. The zero-order valence-corrected chi connectivity index (χ0v) is 13.6. The normalized spacial score (nSPS) is 10.7. The summed E-state index contributed by atoms with van der Waals surface area (Å²) in [5.41, 5.74) is 7.28. The van der Waals surface area contributed by atoms with Crippen LogP contribution in [0.1, 0.15) is 6.42 Å². The Bertz CT molecular complexity index is 902. The summed E-state index contributed by atoms with van der Waals surface area (Å²) < 4.78 is 12.7. The van der Waals surface area contributed by atoms with Gasteiger partial charge in [-0.05, 0) is 42.8 Å². The van der Waals surface area contributed by atoms with Crippen molar-refractivity contribution in [2.75, 3.05) is 19.5 Å². The second kappa shape index (κ2) is 7.08. The summed E-state index contributed by atoms with van der Waals surface area (Å²) in [4.78, 5) is 12.2. The number of nitrogens with two attached hydrogens (primary N) is 1. The largest absolute Gasteiger partial charge is 0.497 e. The highest BCUT2D eigenvalue weighted by molar-refractivity contribution is 5.80. The van der Waals surface area contributed by atoms with Crippen LogP contribution in [0.15, 0.2) is 59.4 Å². The Kier molecular flexibility index (Phi) is 4.70. The predicted octanol–water partition coefficient (Wildman–Crippen LogP) is 3.06. The molecule has 0 saturated carbocycles. The number of pyridine rings is 1. The van der Waals surface area contributed by atoms with Gasteiger partial charge in [0.05, 0.1) is 19.2 Å². The van der Waals surface area contributed by atoms with Crippen LogP contribution in [-0.4, -0.2) is 18.3 Å². The lowest BCUT2D eigenvalue weighted by Crippen LogP contribution is -2.20. The smallest absolute Gasteiger partial charge is 0.251 e. The number of hydrogen-bond acceptors (Lipinski definition) is 4. The lowest BCUT2D eigenvalue weighted by atomic mass is 10.2. The molecule has 0 aliphatic carbocycles. The fraction of sp³-hybridized carbons (Fsp3) is 0.211. The minimum atomic E-state index is -0.0170. The van der Waals surface area contributed by atoms with Gasteiger partial charge in [0.15, 0.2) is 0 Å². The van der Waals surface area contributed by atoms with Crippen LogP contribution < -0.4 is 20.8 Å². The summed E-state index contributed by atoms with van der Waals surface area (Å²) in [6.07, 6.45) is 0.722. The molecule has 1 aromatic heterocycles. The van der Waals surface area contributed by atoms with E-state index < -0.39 is 0 Å².